The van der Waals surface area contributed by atoms with Crippen LogP contribution in [0.3, 0.4) is 0 Å². The van der Waals surface area contributed by atoms with Crippen molar-refractivity contribution < 1.29 is 14.3 Å². The average molecular weight is 285 g/mol. The second kappa shape index (κ2) is 7.33. The number of carbonyl (C=O) groups excluding carboxylic acids is 1. The summed E-state index contributed by atoms with van der Waals surface area (Å²) in [5.74, 6) is 1.24. The van der Waals surface area contributed by atoms with E-state index in [1.807, 2.05) is 55.5 Å². The highest BCUT2D eigenvalue weighted by atomic mass is 16.5. The lowest BCUT2D eigenvalue weighted by Gasteiger charge is -2.11. The first-order chi connectivity index (χ1) is 10.2. The maximum Gasteiger partial charge on any atom is 0.227 e. The molecule has 0 unspecified atom stereocenters. The van der Waals surface area contributed by atoms with Crippen LogP contribution in [0.4, 0.5) is 5.69 Å². The molecule has 2 rings (SSSR count). The maximum atomic E-state index is 11.9. The van der Waals surface area contributed by atoms with Crippen molar-refractivity contribution in [3.8, 4) is 11.5 Å². The number of para-hydroxylation sites is 3. The SMILES string of the molecule is COc1ccccc1OCCC(=O)Nc1ccccc1C. The highest BCUT2D eigenvalue weighted by Crippen LogP contribution is 2.25. The fourth-order valence-electron chi connectivity index (χ4n) is 1.92. The van der Waals surface area contributed by atoms with Crippen molar-refractivity contribution in [2.24, 2.45) is 0 Å². The van der Waals surface area contributed by atoms with Gasteiger partial charge in [-0.3, -0.25) is 4.79 Å². The molecule has 0 aromatic heterocycles. The van der Waals surface area contributed by atoms with Gasteiger partial charge in [-0.05, 0) is 30.7 Å². The number of rotatable bonds is 6. The van der Waals surface area contributed by atoms with E-state index in [4.69, 9.17) is 9.47 Å². The molecule has 0 bridgehead atoms. The molecule has 0 atom stereocenters. The summed E-state index contributed by atoms with van der Waals surface area (Å²) in [4.78, 5) is 11.9. The molecule has 4 heteroatoms. The predicted octanol–water partition coefficient (Wildman–Crippen LogP) is 3.41. The van der Waals surface area contributed by atoms with Gasteiger partial charge in [-0.25, -0.2) is 0 Å². The van der Waals surface area contributed by atoms with E-state index in [9.17, 15) is 4.79 Å². The monoisotopic (exact) mass is 285 g/mol. The number of anilines is 1. The van der Waals surface area contributed by atoms with Crippen molar-refractivity contribution in [2.45, 2.75) is 13.3 Å². The highest BCUT2D eigenvalue weighted by molar-refractivity contribution is 5.91. The summed E-state index contributed by atoms with van der Waals surface area (Å²) in [6.07, 6.45) is 0.284. The number of ether oxygens (including phenoxy) is 2. The number of methoxy groups -OCH3 is 1. The van der Waals surface area contributed by atoms with Crippen molar-refractivity contribution in [1.82, 2.24) is 0 Å². The van der Waals surface area contributed by atoms with Crippen molar-refractivity contribution in [3.05, 3.63) is 54.1 Å². The van der Waals surface area contributed by atoms with Crippen LogP contribution in [0.25, 0.3) is 0 Å². The predicted molar refractivity (Wildman–Crippen MR) is 82.9 cm³/mol. The Kier molecular flexibility index (Phi) is 5.21. The largest absolute Gasteiger partial charge is 0.493 e. The van der Waals surface area contributed by atoms with Crippen LogP contribution in [0.15, 0.2) is 48.5 Å². The molecule has 4 nitrogen and oxygen atoms in total. The Bertz CT molecular complexity index is 610. The molecule has 0 radical (unpaired) electrons. The summed E-state index contributed by atoms with van der Waals surface area (Å²) < 4.78 is 10.8. The van der Waals surface area contributed by atoms with E-state index in [1.54, 1.807) is 7.11 Å². The highest BCUT2D eigenvalue weighted by Gasteiger charge is 2.06. The summed E-state index contributed by atoms with van der Waals surface area (Å²) in [6.45, 7) is 2.26. The van der Waals surface area contributed by atoms with E-state index in [2.05, 4.69) is 5.32 Å². The number of hydrogen-bond acceptors (Lipinski definition) is 3. The normalized spacial score (nSPS) is 10.0. The van der Waals surface area contributed by atoms with E-state index < -0.39 is 0 Å². The van der Waals surface area contributed by atoms with Gasteiger partial charge in [0.25, 0.3) is 0 Å². The fraction of sp³-hybridized carbons (Fsp3) is 0.235. The summed E-state index contributed by atoms with van der Waals surface area (Å²) in [6, 6.07) is 15.1. The van der Waals surface area contributed by atoms with Crippen molar-refractivity contribution in [1.29, 1.82) is 0 Å². The lowest BCUT2D eigenvalue weighted by Crippen LogP contribution is -2.15. The Morgan fingerprint density at radius 3 is 2.43 bits per heavy atom. The third kappa shape index (κ3) is 4.24. The molecule has 2 aromatic rings. The molecule has 0 fully saturated rings. The van der Waals surface area contributed by atoms with Gasteiger partial charge in [0.2, 0.25) is 5.91 Å². The van der Waals surface area contributed by atoms with Gasteiger partial charge in [0.1, 0.15) is 0 Å². The quantitative estimate of drug-likeness (QED) is 0.884. The fourth-order valence-corrected chi connectivity index (χ4v) is 1.92. The molecule has 1 N–H and O–H groups in total. The van der Waals surface area contributed by atoms with E-state index in [1.165, 1.54) is 0 Å². The number of nitrogens with one attached hydrogen (secondary N) is 1. The molecule has 1 amide bonds. The van der Waals surface area contributed by atoms with Crippen LogP contribution in [-0.4, -0.2) is 19.6 Å². The maximum absolute atomic E-state index is 11.9. The number of benzene rings is 2. The molecule has 0 aliphatic heterocycles. The smallest absolute Gasteiger partial charge is 0.227 e. The molecule has 0 aliphatic rings. The van der Waals surface area contributed by atoms with Crippen LogP contribution < -0.4 is 14.8 Å². The molecule has 2 aromatic carbocycles. The zero-order valence-corrected chi connectivity index (χ0v) is 12.3. The minimum absolute atomic E-state index is 0.0702. The van der Waals surface area contributed by atoms with E-state index in [-0.39, 0.29) is 12.3 Å². The lowest BCUT2D eigenvalue weighted by atomic mass is 10.2. The molecule has 0 aliphatic carbocycles. The zero-order chi connectivity index (χ0) is 15.1. The first kappa shape index (κ1) is 14.9. The molecule has 110 valence electrons. The summed E-state index contributed by atoms with van der Waals surface area (Å²) >= 11 is 0. The molecule has 0 saturated carbocycles. The first-order valence-corrected chi connectivity index (χ1v) is 6.82. The van der Waals surface area contributed by atoms with E-state index in [0.717, 1.165) is 11.3 Å². The van der Waals surface area contributed by atoms with Gasteiger partial charge < -0.3 is 14.8 Å². The van der Waals surface area contributed by atoms with E-state index >= 15 is 0 Å². The molecular formula is C17H19NO3. The Balaban J connectivity index is 1.83. The third-order valence-electron chi connectivity index (χ3n) is 3.07. The van der Waals surface area contributed by atoms with Gasteiger partial charge in [0.15, 0.2) is 11.5 Å². The molecule has 21 heavy (non-hydrogen) atoms. The second-order valence-corrected chi connectivity index (χ2v) is 4.61. The summed E-state index contributed by atoms with van der Waals surface area (Å²) in [5, 5.41) is 2.87. The lowest BCUT2D eigenvalue weighted by molar-refractivity contribution is -0.116. The third-order valence-corrected chi connectivity index (χ3v) is 3.07. The van der Waals surface area contributed by atoms with Gasteiger partial charge in [0, 0.05) is 5.69 Å². The summed E-state index contributed by atoms with van der Waals surface area (Å²) in [7, 11) is 1.59. The number of amides is 1. The molecule has 0 saturated heterocycles. The molecular weight excluding hydrogens is 266 g/mol. The second-order valence-electron chi connectivity index (χ2n) is 4.61. The van der Waals surface area contributed by atoms with Gasteiger partial charge in [-0.15, -0.1) is 0 Å². The Morgan fingerprint density at radius 2 is 1.71 bits per heavy atom. The van der Waals surface area contributed by atoms with Gasteiger partial charge in [-0.2, -0.15) is 0 Å². The van der Waals surface area contributed by atoms with Crippen LogP contribution in [-0.2, 0) is 4.79 Å². The Morgan fingerprint density at radius 1 is 1.05 bits per heavy atom. The van der Waals surface area contributed by atoms with Crippen molar-refractivity contribution in [3.63, 3.8) is 0 Å². The topological polar surface area (TPSA) is 47.6 Å². The zero-order valence-electron chi connectivity index (χ0n) is 12.3. The summed E-state index contributed by atoms with van der Waals surface area (Å²) in [5.41, 5.74) is 1.87. The number of hydrogen-bond donors (Lipinski definition) is 1. The first-order valence-electron chi connectivity index (χ1n) is 6.82. The Labute approximate surface area is 124 Å². The van der Waals surface area contributed by atoms with Crippen LogP contribution in [0, 0.1) is 6.92 Å². The average Bonchev–Trinajstić information content (AvgIpc) is 2.50. The minimum Gasteiger partial charge on any atom is -0.493 e. The molecule has 0 spiro atoms. The van der Waals surface area contributed by atoms with Gasteiger partial charge in [-0.1, -0.05) is 30.3 Å². The van der Waals surface area contributed by atoms with Crippen LogP contribution in [0.2, 0.25) is 0 Å². The van der Waals surface area contributed by atoms with Crippen LogP contribution >= 0.6 is 0 Å². The Hall–Kier alpha value is -2.49. The van der Waals surface area contributed by atoms with Crippen LogP contribution in [0.5, 0.6) is 11.5 Å². The molecule has 0 heterocycles. The van der Waals surface area contributed by atoms with Gasteiger partial charge in [0.05, 0.1) is 20.1 Å². The van der Waals surface area contributed by atoms with E-state index in [0.29, 0.717) is 18.1 Å². The number of aryl methyl sites for hydroxylation is 1. The van der Waals surface area contributed by atoms with Crippen molar-refractivity contribution in [2.75, 3.05) is 19.0 Å². The van der Waals surface area contributed by atoms with Gasteiger partial charge >= 0.3 is 0 Å². The van der Waals surface area contributed by atoms with Crippen LogP contribution in [0.1, 0.15) is 12.0 Å². The standard InChI is InChI=1S/C17H19NO3/c1-13-7-3-4-8-14(13)18-17(19)11-12-21-16-10-6-5-9-15(16)20-2/h3-10H,11-12H2,1-2H3,(H,18,19). The van der Waals surface area contributed by atoms with Crippen molar-refractivity contribution >= 4 is 11.6 Å². The number of carbonyl (C=O) groups is 1. The minimum atomic E-state index is -0.0702.